The minimum atomic E-state index is -0.667. The molecule has 0 aliphatic carbocycles. The summed E-state index contributed by atoms with van der Waals surface area (Å²) in [5.74, 6) is -1.52. The number of halogens is 1. The van der Waals surface area contributed by atoms with Crippen LogP contribution in [0, 0.1) is 5.82 Å². The minimum Gasteiger partial charge on any atom is -0.352 e. The maximum absolute atomic E-state index is 12.9. The minimum absolute atomic E-state index is 0.0606. The van der Waals surface area contributed by atoms with Crippen molar-refractivity contribution in [2.45, 2.75) is 12.8 Å². The number of carbonyl (C=O) groups is 3. The third-order valence-electron chi connectivity index (χ3n) is 5.13. The number of amides is 3. The van der Waals surface area contributed by atoms with Gasteiger partial charge in [0.1, 0.15) is 5.82 Å². The molecular formula is C26H23FN6O3. The van der Waals surface area contributed by atoms with Crippen LogP contribution in [0.1, 0.15) is 33.8 Å². The van der Waals surface area contributed by atoms with Crippen LogP contribution in [0.3, 0.4) is 0 Å². The van der Waals surface area contributed by atoms with Gasteiger partial charge in [0.05, 0.1) is 5.69 Å². The van der Waals surface area contributed by atoms with Gasteiger partial charge in [-0.3, -0.25) is 25.2 Å². The number of hydrazine groups is 1. The van der Waals surface area contributed by atoms with E-state index in [2.05, 4.69) is 26.3 Å². The molecule has 0 bridgehead atoms. The molecule has 4 rings (SSSR count). The summed E-state index contributed by atoms with van der Waals surface area (Å²) in [6.45, 7) is 0.237. The topological polar surface area (TPSA) is 118 Å². The van der Waals surface area contributed by atoms with Gasteiger partial charge in [0.15, 0.2) is 5.82 Å². The third-order valence-corrected chi connectivity index (χ3v) is 5.13. The van der Waals surface area contributed by atoms with Crippen LogP contribution in [0.5, 0.6) is 0 Å². The monoisotopic (exact) mass is 486 g/mol. The van der Waals surface area contributed by atoms with E-state index < -0.39 is 17.6 Å². The summed E-state index contributed by atoms with van der Waals surface area (Å²) in [6.07, 6.45) is 0.402. The van der Waals surface area contributed by atoms with Gasteiger partial charge in [0, 0.05) is 24.1 Å². The standard InChI is InChI=1S/C26H23FN6O3/c27-20-15-13-19(14-16-20)25(35)28-17-7-12-22(34)30-31-26(36)23-29-24(18-8-3-1-4-9-18)33(32-23)21-10-5-2-6-11-21/h1-6,8-11,13-16H,7,12,17H2,(H,28,35)(H,30,34)(H,31,36). The lowest BCUT2D eigenvalue weighted by Gasteiger charge is -2.07. The Kier molecular flexibility index (Phi) is 7.76. The average molecular weight is 487 g/mol. The van der Waals surface area contributed by atoms with Crippen molar-refractivity contribution in [2.75, 3.05) is 6.54 Å². The fourth-order valence-corrected chi connectivity index (χ4v) is 3.33. The van der Waals surface area contributed by atoms with Gasteiger partial charge >= 0.3 is 5.91 Å². The first-order valence-electron chi connectivity index (χ1n) is 11.2. The molecule has 10 heteroatoms. The predicted molar refractivity (Wildman–Crippen MR) is 130 cm³/mol. The first-order valence-corrected chi connectivity index (χ1v) is 11.2. The third kappa shape index (κ3) is 6.17. The number of para-hydroxylation sites is 1. The van der Waals surface area contributed by atoms with Crippen molar-refractivity contribution in [1.29, 1.82) is 0 Å². The summed E-state index contributed by atoms with van der Waals surface area (Å²) in [4.78, 5) is 41.1. The Morgan fingerprint density at radius 2 is 1.47 bits per heavy atom. The van der Waals surface area contributed by atoms with Gasteiger partial charge in [-0.1, -0.05) is 48.5 Å². The molecular weight excluding hydrogens is 463 g/mol. The van der Waals surface area contributed by atoms with Gasteiger partial charge in [-0.2, -0.15) is 0 Å². The Bertz CT molecular complexity index is 1280. The van der Waals surface area contributed by atoms with E-state index in [9.17, 15) is 18.8 Å². The Labute approximate surface area is 206 Å². The van der Waals surface area contributed by atoms with Crippen molar-refractivity contribution in [3.8, 4) is 17.1 Å². The highest BCUT2D eigenvalue weighted by Gasteiger charge is 2.19. The number of hydrogen-bond donors (Lipinski definition) is 3. The van der Waals surface area contributed by atoms with Crippen LogP contribution < -0.4 is 16.2 Å². The molecule has 3 aromatic carbocycles. The van der Waals surface area contributed by atoms with Crippen molar-refractivity contribution < 1.29 is 18.8 Å². The zero-order valence-corrected chi connectivity index (χ0v) is 19.1. The van der Waals surface area contributed by atoms with E-state index in [1.54, 1.807) is 4.68 Å². The lowest BCUT2D eigenvalue weighted by atomic mass is 10.2. The Hall–Kier alpha value is -4.86. The number of nitrogens with zero attached hydrogens (tertiary/aromatic N) is 3. The number of aromatic nitrogens is 3. The SMILES string of the molecule is O=C(CCCNC(=O)c1ccc(F)cc1)NNC(=O)c1nc(-c2ccccc2)n(-c2ccccc2)n1. The van der Waals surface area contributed by atoms with E-state index in [0.29, 0.717) is 17.8 Å². The Morgan fingerprint density at radius 3 is 2.17 bits per heavy atom. The number of benzene rings is 3. The molecule has 0 saturated carbocycles. The molecule has 0 aliphatic heterocycles. The van der Waals surface area contributed by atoms with Crippen molar-refractivity contribution in [2.24, 2.45) is 0 Å². The van der Waals surface area contributed by atoms with Crippen molar-refractivity contribution >= 4 is 17.7 Å². The van der Waals surface area contributed by atoms with Gasteiger partial charge in [0.2, 0.25) is 11.7 Å². The fraction of sp³-hybridized carbons (Fsp3) is 0.115. The molecule has 1 heterocycles. The number of nitrogens with one attached hydrogen (secondary N) is 3. The number of hydrogen-bond acceptors (Lipinski definition) is 5. The quantitative estimate of drug-likeness (QED) is 0.261. The fourth-order valence-electron chi connectivity index (χ4n) is 3.33. The largest absolute Gasteiger partial charge is 0.352 e. The molecule has 182 valence electrons. The summed E-state index contributed by atoms with van der Waals surface area (Å²) in [7, 11) is 0. The average Bonchev–Trinajstić information content (AvgIpc) is 3.37. The van der Waals surface area contributed by atoms with E-state index in [1.807, 2.05) is 60.7 Å². The van der Waals surface area contributed by atoms with Gasteiger partial charge in [0.25, 0.3) is 5.91 Å². The summed E-state index contributed by atoms with van der Waals surface area (Å²) < 4.78 is 14.5. The number of rotatable bonds is 8. The summed E-state index contributed by atoms with van der Waals surface area (Å²) >= 11 is 0. The second-order valence-corrected chi connectivity index (χ2v) is 7.74. The molecule has 0 aliphatic rings. The highest BCUT2D eigenvalue weighted by molar-refractivity contribution is 5.94. The molecule has 9 nitrogen and oxygen atoms in total. The van der Waals surface area contributed by atoms with E-state index in [0.717, 1.165) is 11.3 Å². The molecule has 4 aromatic rings. The molecule has 0 fully saturated rings. The van der Waals surface area contributed by atoms with E-state index in [-0.39, 0.29) is 24.7 Å². The first kappa shape index (κ1) is 24.3. The summed E-state index contributed by atoms with van der Waals surface area (Å²) in [5.41, 5.74) is 6.49. The lowest BCUT2D eigenvalue weighted by Crippen LogP contribution is -2.42. The van der Waals surface area contributed by atoms with E-state index >= 15 is 0 Å². The smallest absolute Gasteiger partial charge is 0.309 e. The second-order valence-electron chi connectivity index (χ2n) is 7.74. The van der Waals surface area contributed by atoms with Crippen LogP contribution in [-0.4, -0.2) is 39.0 Å². The van der Waals surface area contributed by atoms with Gasteiger partial charge in [-0.25, -0.2) is 14.1 Å². The van der Waals surface area contributed by atoms with Gasteiger partial charge in [-0.15, -0.1) is 5.10 Å². The Morgan fingerprint density at radius 1 is 0.806 bits per heavy atom. The van der Waals surface area contributed by atoms with Crippen LogP contribution in [-0.2, 0) is 4.79 Å². The number of carbonyl (C=O) groups excluding carboxylic acids is 3. The van der Waals surface area contributed by atoms with Crippen molar-refractivity contribution in [3.63, 3.8) is 0 Å². The molecule has 0 spiro atoms. The zero-order chi connectivity index (χ0) is 25.3. The van der Waals surface area contributed by atoms with E-state index in [4.69, 9.17) is 0 Å². The van der Waals surface area contributed by atoms with Gasteiger partial charge < -0.3 is 5.32 Å². The Balaban J connectivity index is 1.30. The maximum Gasteiger partial charge on any atom is 0.309 e. The highest BCUT2D eigenvalue weighted by atomic mass is 19.1. The van der Waals surface area contributed by atoms with Crippen LogP contribution in [0.25, 0.3) is 17.1 Å². The normalized spacial score (nSPS) is 10.5. The molecule has 0 atom stereocenters. The van der Waals surface area contributed by atoms with Crippen molar-refractivity contribution in [1.82, 2.24) is 30.9 Å². The molecule has 3 amide bonds. The van der Waals surface area contributed by atoms with Crippen LogP contribution in [0.4, 0.5) is 4.39 Å². The predicted octanol–water partition coefficient (Wildman–Crippen LogP) is 3.04. The first-order chi connectivity index (χ1) is 17.5. The van der Waals surface area contributed by atoms with E-state index in [1.165, 1.54) is 24.3 Å². The summed E-state index contributed by atoms with van der Waals surface area (Å²) in [5, 5.41) is 6.99. The van der Waals surface area contributed by atoms with Gasteiger partial charge in [-0.05, 0) is 42.8 Å². The van der Waals surface area contributed by atoms with Crippen molar-refractivity contribution in [3.05, 3.63) is 102 Å². The highest BCUT2D eigenvalue weighted by Crippen LogP contribution is 2.20. The molecule has 1 aromatic heterocycles. The lowest BCUT2D eigenvalue weighted by molar-refractivity contribution is -0.121. The molecule has 0 unspecified atom stereocenters. The molecule has 36 heavy (non-hydrogen) atoms. The van der Waals surface area contributed by atoms with Crippen LogP contribution >= 0.6 is 0 Å². The van der Waals surface area contributed by atoms with Crippen LogP contribution in [0.2, 0.25) is 0 Å². The second kappa shape index (κ2) is 11.5. The molecule has 0 saturated heterocycles. The summed E-state index contributed by atoms with van der Waals surface area (Å²) in [6, 6.07) is 23.8. The zero-order valence-electron chi connectivity index (χ0n) is 19.1. The maximum atomic E-state index is 12.9. The molecule has 3 N–H and O–H groups in total. The molecule has 0 radical (unpaired) electrons. The van der Waals surface area contributed by atoms with Crippen LogP contribution in [0.15, 0.2) is 84.9 Å².